The molecule has 1 aromatic carbocycles. The fraction of sp³-hybridized carbons (Fsp3) is 0.625. The predicted octanol–water partition coefficient (Wildman–Crippen LogP) is 1.60. The Morgan fingerprint density at radius 2 is 1.85 bits per heavy atom. The molecule has 2 aliphatic heterocycles. The Kier molecular flexibility index (Phi) is 4.36. The van der Waals surface area contributed by atoms with Crippen LogP contribution in [-0.2, 0) is 14.9 Å². The number of benzene rings is 1. The third-order valence-electron chi connectivity index (χ3n) is 4.94. The van der Waals surface area contributed by atoms with E-state index in [1.165, 1.54) is 5.56 Å². The minimum atomic E-state index is 0.0621. The summed E-state index contributed by atoms with van der Waals surface area (Å²) in [7, 11) is 0. The Morgan fingerprint density at radius 3 is 2.45 bits per heavy atom. The van der Waals surface area contributed by atoms with Gasteiger partial charge >= 0.3 is 0 Å². The summed E-state index contributed by atoms with van der Waals surface area (Å²) < 4.78 is 11.2. The summed E-state index contributed by atoms with van der Waals surface area (Å²) in [5, 5.41) is 0. The predicted molar refractivity (Wildman–Crippen MR) is 78.2 cm³/mol. The molecule has 0 spiro atoms. The van der Waals surface area contributed by atoms with Crippen LogP contribution < -0.4 is 11.3 Å². The van der Waals surface area contributed by atoms with Gasteiger partial charge in [-0.1, -0.05) is 30.3 Å². The van der Waals surface area contributed by atoms with Crippen molar-refractivity contribution >= 4 is 0 Å². The molecule has 110 valence electrons. The van der Waals surface area contributed by atoms with Gasteiger partial charge in [0.1, 0.15) is 0 Å². The second-order valence-electron chi connectivity index (χ2n) is 5.90. The smallest absolute Gasteiger partial charge is 0.0510 e. The summed E-state index contributed by atoms with van der Waals surface area (Å²) in [6.45, 7) is 3.27. The van der Waals surface area contributed by atoms with E-state index in [0.717, 1.165) is 45.7 Å². The normalized spacial score (nSPS) is 27.4. The lowest BCUT2D eigenvalue weighted by Gasteiger charge is -2.46. The molecule has 2 heterocycles. The van der Waals surface area contributed by atoms with Crippen molar-refractivity contribution in [3.63, 3.8) is 0 Å². The summed E-state index contributed by atoms with van der Waals surface area (Å²) in [4.78, 5) is 0. The molecule has 0 aromatic heterocycles. The van der Waals surface area contributed by atoms with Gasteiger partial charge in [-0.15, -0.1) is 0 Å². The van der Waals surface area contributed by atoms with Crippen LogP contribution in [0.15, 0.2) is 30.3 Å². The summed E-state index contributed by atoms with van der Waals surface area (Å²) in [6.07, 6.45) is 3.12. The van der Waals surface area contributed by atoms with Crippen LogP contribution in [0.25, 0.3) is 0 Å². The van der Waals surface area contributed by atoms with Gasteiger partial charge in [-0.25, -0.2) is 0 Å². The average Bonchev–Trinajstić information content (AvgIpc) is 3.04. The number of ether oxygens (including phenoxy) is 2. The van der Waals surface area contributed by atoms with Crippen LogP contribution in [0.5, 0.6) is 0 Å². The van der Waals surface area contributed by atoms with Crippen LogP contribution in [0.4, 0.5) is 0 Å². The number of nitrogens with two attached hydrogens (primary N) is 1. The molecule has 1 aromatic rings. The Balaban J connectivity index is 1.95. The molecular formula is C16H24N2O2. The zero-order chi connectivity index (χ0) is 13.8. The highest BCUT2D eigenvalue weighted by molar-refractivity contribution is 5.29. The lowest BCUT2D eigenvalue weighted by Crippen LogP contribution is -2.57. The van der Waals surface area contributed by atoms with Crippen molar-refractivity contribution in [2.24, 2.45) is 11.8 Å². The van der Waals surface area contributed by atoms with Gasteiger partial charge in [0.25, 0.3) is 0 Å². The highest BCUT2D eigenvalue weighted by atomic mass is 16.5. The lowest BCUT2D eigenvalue weighted by molar-refractivity contribution is 0.0220. The number of hydrogen-bond donors (Lipinski definition) is 2. The second-order valence-corrected chi connectivity index (χ2v) is 5.90. The highest BCUT2D eigenvalue weighted by Crippen LogP contribution is 2.41. The van der Waals surface area contributed by atoms with Crippen molar-refractivity contribution in [2.45, 2.75) is 30.7 Å². The molecule has 3 rings (SSSR count). The molecular weight excluding hydrogens is 252 g/mol. The van der Waals surface area contributed by atoms with Crippen LogP contribution in [0, 0.1) is 5.92 Å². The summed E-state index contributed by atoms with van der Waals surface area (Å²) >= 11 is 0. The van der Waals surface area contributed by atoms with Crippen LogP contribution in [0.2, 0.25) is 0 Å². The Labute approximate surface area is 120 Å². The third-order valence-corrected chi connectivity index (χ3v) is 4.94. The molecule has 2 atom stereocenters. The fourth-order valence-corrected chi connectivity index (χ4v) is 3.85. The zero-order valence-electron chi connectivity index (χ0n) is 11.9. The van der Waals surface area contributed by atoms with Crippen molar-refractivity contribution in [3.05, 3.63) is 35.9 Å². The Bertz CT molecular complexity index is 412. The molecule has 20 heavy (non-hydrogen) atoms. The lowest BCUT2D eigenvalue weighted by atomic mass is 9.65. The first kappa shape index (κ1) is 14.0. The maximum atomic E-state index is 5.96. The SMILES string of the molecule is NNC(C1CCOC1)C1(c2ccccc2)CCOCC1. The van der Waals surface area contributed by atoms with Crippen molar-refractivity contribution in [1.82, 2.24) is 5.43 Å². The molecule has 0 saturated carbocycles. The van der Waals surface area contributed by atoms with Crippen molar-refractivity contribution in [1.29, 1.82) is 0 Å². The van der Waals surface area contributed by atoms with Gasteiger partial charge in [0.05, 0.1) is 6.61 Å². The fourth-order valence-electron chi connectivity index (χ4n) is 3.85. The first-order chi connectivity index (χ1) is 9.87. The van der Waals surface area contributed by atoms with E-state index in [2.05, 4.69) is 35.8 Å². The largest absolute Gasteiger partial charge is 0.381 e. The number of rotatable bonds is 4. The number of nitrogens with one attached hydrogen (secondary N) is 1. The van der Waals surface area contributed by atoms with Gasteiger partial charge in [0.2, 0.25) is 0 Å². The standard InChI is InChI=1S/C16H24N2O2/c17-18-15(13-6-9-20-12-13)16(7-10-19-11-8-16)14-4-2-1-3-5-14/h1-5,13,15,18H,6-12,17H2. The first-order valence-corrected chi connectivity index (χ1v) is 7.54. The van der Waals surface area contributed by atoms with E-state index in [1.54, 1.807) is 0 Å². The Hall–Kier alpha value is -0.940. The van der Waals surface area contributed by atoms with Gasteiger partial charge in [-0.3, -0.25) is 11.3 Å². The molecule has 3 N–H and O–H groups in total. The van der Waals surface area contributed by atoms with E-state index < -0.39 is 0 Å². The third kappa shape index (κ3) is 2.49. The van der Waals surface area contributed by atoms with E-state index >= 15 is 0 Å². The molecule has 4 nitrogen and oxygen atoms in total. The summed E-state index contributed by atoms with van der Waals surface area (Å²) in [6, 6.07) is 11.0. The van der Waals surface area contributed by atoms with Gasteiger partial charge in [-0.05, 0) is 24.8 Å². The Morgan fingerprint density at radius 1 is 1.10 bits per heavy atom. The maximum absolute atomic E-state index is 5.96. The molecule has 0 bridgehead atoms. The molecule has 0 amide bonds. The van der Waals surface area contributed by atoms with E-state index in [0.29, 0.717) is 5.92 Å². The average molecular weight is 276 g/mol. The van der Waals surface area contributed by atoms with Crippen LogP contribution in [-0.4, -0.2) is 32.5 Å². The topological polar surface area (TPSA) is 56.5 Å². The van der Waals surface area contributed by atoms with Gasteiger partial charge in [0.15, 0.2) is 0 Å². The molecule has 2 saturated heterocycles. The minimum Gasteiger partial charge on any atom is -0.381 e. The van der Waals surface area contributed by atoms with E-state index in [4.69, 9.17) is 15.3 Å². The van der Waals surface area contributed by atoms with E-state index in [-0.39, 0.29) is 11.5 Å². The number of hydrazine groups is 1. The monoisotopic (exact) mass is 276 g/mol. The summed E-state index contributed by atoms with van der Waals surface area (Å²) in [5.41, 5.74) is 4.55. The first-order valence-electron chi connectivity index (χ1n) is 7.54. The minimum absolute atomic E-state index is 0.0621. The molecule has 2 fully saturated rings. The second kappa shape index (κ2) is 6.22. The van der Waals surface area contributed by atoms with Gasteiger partial charge in [0, 0.05) is 37.2 Å². The van der Waals surface area contributed by atoms with Crippen molar-refractivity contribution < 1.29 is 9.47 Å². The van der Waals surface area contributed by atoms with Crippen molar-refractivity contribution in [2.75, 3.05) is 26.4 Å². The molecule has 2 aliphatic rings. The van der Waals surface area contributed by atoms with Gasteiger partial charge < -0.3 is 9.47 Å². The zero-order valence-corrected chi connectivity index (χ0v) is 11.9. The summed E-state index contributed by atoms with van der Waals surface area (Å²) in [5.74, 6) is 6.44. The molecule has 0 radical (unpaired) electrons. The van der Waals surface area contributed by atoms with E-state index in [1.807, 2.05) is 0 Å². The quantitative estimate of drug-likeness (QED) is 0.648. The van der Waals surface area contributed by atoms with Gasteiger partial charge in [-0.2, -0.15) is 0 Å². The van der Waals surface area contributed by atoms with Crippen LogP contribution >= 0.6 is 0 Å². The maximum Gasteiger partial charge on any atom is 0.0510 e. The highest BCUT2D eigenvalue weighted by Gasteiger charge is 2.45. The van der Waals surface area contributed by atoms with E-state index in [9.17, 15) is 0 Å². The molecule has 0 aliphatic carbocycles. The van der Waals surface area contributed by atoms with Crippen molar-refractivity contribution in [3.8, 4) is 0 Å². The van der Waals surface area contributed by atoms with Crippen LogP contribution in [0.1, 0.15) is 24.8 Å². The molecule has 2 unspecified atom stereocenters. The molecule has 4 heteroatoms. The van der Waals surface area contributed by atoms with Crippen LogP contribution in [0.3, 0.4) is 0 Å². The number of hydrogen-bond acceptors (Lipinski definition) is 4.